The summed E-state index contributed by atoms with van der Waals surface area (Å²) in [4.78, 5) is 16.0. The number of tetrazole rings is 1. The Hall–Kier alpha value is -1.96. The number of nitrogens with one attached hydrogen (secondary N) is 1. The summed E-state index contributed by atoms with van der Waals surface area (Å²) in [5, 5.41) is 14.7. The van der Waals surface area contributed by atoms with Gasteiger partial charge in [0.2, 0.25) is 11.1 Å². The molecule has 0 saturated heterocycles. The predicted octanol–water partition coefficient (Wildman–Crippen LogP) is 0.712. The molecule has 0 saturated carbocycles. The lowest BCUT2D eigenvalue weighted by Gasteiger charge is -2.05. The van der Waals surface area contributed by atoms with Crippen LogP contribution in [0.25, 0.3) is 0 Å². The normalized spacial score (nSPS) is 10.5. The molecule has 2 rings (SSSR count). The van der Waals surface area contributed by atoms with Crippen LogP contribution < -0.4 is 5.32 Å². The van der Waals surface area contributed by atoms with Crippen molar-refractivity contribution in [3.8, 4) is 0 Å². The zero-order valence-electron chi connectivity index (χ0n) is 11.4. The number of amides is 1. The minimum atomic E-state index is -0.00377. The molecule has 0 aromatic carbocycles. The van der Waals surface area contributed by atoms with E-state index in [1.54, 1.807) is 11.7 Å². The highest BCUT2D eigenvalue weighted by Crippen LogP contribution is 2.13. The SMILES string of the molecule is Cc1cccc(CNC(=O)CCSc2nnnn2C)n1. The molecule has 0 fully saturated rings. The Morgan fingerprint density at radius 3 is 3.00 bits per heavy atom. The topological polar surface area (TPSA) is 85.6 Å². The largest absolute Gasteiger partial charge is 0.350 e. The molecule has 106 valence electrons. The van der Waals surface area contributed by atoms with E-state index in [1.165, 1.54) is 11.8 Å². The third-order valence-electron chi connectivity index (χ3n) is 2.55. The maximum Gasteiger partial charge on any atom is 0.221 e. The third-order valence-corrected chi connectivity index (χ3v) is 3.57. The fourth-order valence-corrected chi connectivity index (χ4v) is 2.34. The quantitative estimate of drug-likeness (QED) is 0.789. The number of aryl methyl sites for hydroxylation is 2. The zero-order valence-corrected chi connectivity index (χ0v) is 12.2. The van der Waals surface area contributed by atoms with Crippen molar-refractivity contribution < 1.29 is 4.79 Å². The number of aromatic nitrogens is 5. The van der Waals surface area contributed by atoms with Crippen LogP contribution in [0.3, 0.4) is 0 Å². The van der Waals surface area contributed by atoms with Gasteiger partial charge in [0, 0.05) is 24.9 Å². The first-order valence-electron chi connectivity index (χ1n) is 6.19. The highest BCUT2D eigenvalue weighted by Gasteiger charge is 2.06. The van der Waals surface area contributed by atoms with Gasteiger partial charge in [0.05, 0.1) is 12.2 Å². The van der Waals surface area contributed by atoms with Crippen LogP contribution in [-0.2, 0) is 18.4 Å². The van der Waals surface area contributed by atoms with E-state index in [-0.39, 0.29) is 5.91 Å². The van der Waals surface area contributed by atoms with Crippen molar-refractivity contribution in [3.63, 3.8) is 0 Å². The van der Waals surface area contributed by atoms with Crippen LogP contribution in [0, 0.1) is 6.92 Å². The molecular formula is C12H16N6OS. The van der Waals surface area contributed by atoms with Gasteiger partial charge in [-0.2, -0.15) is 0 Å². The fraction of sp³-hybridized carbons (Fsp3) is 0.417. The van der Waals surface area contributed by atoms with Crippen LogP contribution in [-0.4, -0.2) is 36.9 Å². The van der Waals surface area contributed by atoms with Crippen molar-refractivity contribution in [1.29, 1.82) is 0 Å². The molecule has 2 heterocycles. The highest BCUT2D eigenvalue weighted by molar-refractivity contribution is 7.99. The van der Waals surface area contributed by atoms with Crippen molar-refractivity contribution >= 4 is 17.7 Å². The second-order valence-corrected chi connectivity index (χ2v) is 5.29. The molecule has 0 aliphatic heterocycles. The third kappa shape index (κ3) is 4.30. The molecule has 0 bridgehead atoms. The standard InChI is InChI=1S/C12H16N6OS/c1-9-4-3-5-10(14-9)8-13-11(19)6-7-20-12-15-16-17-18(12)2/h3-5H,6-8H2,1-2H3,(H,13,19). The molecule has 2 aromatic rings. The number of carbonyl (C=O) groups excluding carboxylic acids is 1. The van der Waals surface area contributed by atoms with Gasteiger partial charge >= 0.3 is 0 Å². The first-order valence-corrected chi connectivity index (χ1v) is 7.18. The number of rotatable bonds is 6. The molecule has 20 heavy (non-hydrogen) atoms. The molecule has 0 atom stereocenters. The van der Waals surface area contributed by atoms with E-state index < -0.39 is 0 Å². The average Bonchev–Trinajstić information content (AvgIpc) is 2.82. The van der Waals surface area contributed by atoms with Gasteiger partial charge in [-0.1, -0.05) is 17.8 Å². The van der Waals surface area contributed by atoms with Crippen molar-refractivity contribution in [2.45, 2.75) is 25.0 Å². The van der Waals surface area contributed by atoms with E-state index in [0.717, 1.165) is 11.4 Å². The van der Waals surface area contributed by atoms with Crippen molar-refractivity contribution in [2.24, 2.45) is 7.05 Å². The predicted molar refractivity (Wildman–Crippen MR) is 75.0 cm³/mol. The van der Waals surface area contributed by atoms with Gasteiger partial charge < -0.3 is 5.32 Å². The smallest absolute Gasteiger partial charge is 0.221 e. The van der Waals surface area contributed by atoms with Gasteiger partial charge in [-0.3, -0.25) is 9.78 Å². The summed E-state index contributed by atoms with van der Waals surface area (Å²) in [6, 6.07) is 5.75. The molecule has 0 unspecified atom stereocenters. The summed E-state index contributed by atoms with van der Waals surface area (Å²) >= 11 is 1.46. The molecule has 8 heteroatoms. The van der Waals surface area contributed by atoms with Crippen LogP contribution in [0.2, 0.25) is 0 Å². The maximum atomic E-state index is 11.7. The van der Waals surface area contributed by atoms with Crippen molar-refractivity contribution in [1.82, 2.24) is 30.5 Å². The van der Waals surface area contributed by atoms with E-state index in [0.29, 0.717) is 23.9 Å². The summed E-state index contributed by atoms with van der Waals surface area (Å²) in [5.74, 6) is 0.636. The van der Waals surface area contributed by atoms with Gasteiger partial charge in [-0.05, 0) is 29.5 Å². The summed E-state index contributed by atoms with van der Waals surface area (Å²) in [5.41, 5.74) is 1.81. The Balaban J connectivity index is 1.69. The van der Waals surface area contributed by atoms with Crippen LogP contribution in [0.5, 0.6) is 0 Å². The number of thioether (sulfide) groups is 1. The Bertz CT molecular complexity index is 585. The zero-order chi connectivity index (χ0) is 14.4. The molecular weight excluding hydrogens is 276 g/mol. The van der Waals surface area contributed by atoms with E-state index in [1.807, 2.05) is 25.1 Å². The van der Waals surface area contributed by atoms with Gasteiger partial charge in [0.25, 0.3) is 0 Å². The number of hydrogen-bond donors (Lipinski definition) is 1. The lowest BCUT2D eigenvalue weighted by molar-refractivity contribution is -0.120. The van der Waals surface area contributed by atoms with E-state index in [9.17, 15) is 4.79 Å². The number of carbonyl (C=O) groups is 1. The summed E-state index contributed by atoms with van der Waals surface area (Å²) in [6.45, 7) is 2.38. The van der Waals surface area contributed by atoms with Crippen molar-refractivity contribution in [2.75, 3.05) is 5.75 Å². The molecule has 0 aliphatic carbocycles. The lowest BCUT2D eigenvalue weighted by Crippen LogP contribution is -2.23. The Morgan fingerprint density at radius 2 is 2.30 bits per heavy atom. The molecule has 0 aliphatic rings. The molecule has 1 N–H and O–H groups in total. The van der Waals surface area contributed by atoms with E-state index in [4.69, 9.17) is 0 Å². The first kappa shape index (κ1) is 14.4. The molecule has 7 nitrogen and oxygen atoms in total. The monoisotopic (exact) mass is 292 g/mol. The number of hydrogen-bond acceptors (Lipinski definition) is 6. The summed E-state index contributed by atoms with van der Waals surface area (Å²) < 4.78 is 1.58. The van der Waals surface area contributed by atoms with E-state index >= 15 is 0 Å². The minimum absolute atomic E-state index is 0.00377. The Morgan fingerprint density at radius 1 is 1.45 bits per heavy atom. The second kappa shape index (κ2) is 6.99. The molecule has 0 spiro atoms. The Labute approximate surface area is 121 Å². The molecule has 1 amide bonds. The average molecular weight is 292 g/mol. The van der Waals surface area contributed by atoms with Crippen LogP contribution in [0.4, 0.5) is 0 Å². The van der Waals surface area contributed by atoms with Gasteiger partial charge in [0.1, 0.15) is 0 Å². The molecule has 2 aromatic heterocycles. The lowest BCUT2D eigenvalue weighted by atomic mass is 10.3. The number of pyridine rings is 1. The van der Waals surface area contributed by atoms with Crippen LogP contribution in [0.15, 0.2) is 23.4 Å². The van der Waals surface area contributed by atoms with Gasteiger partial charge in [-0.25, -0.2) is 4.68 Å². The van der Waals surface area contributed by atoms with Crippen LogP contribution >= 0.6 is 11.8 Å². The van der Waals surface area contributed by atoms with Crippen LogP contribution in [0.1, 0.15) is 17.8 Å². The molecule has 0 radical (unpaired) electrons. The van der Waals surface area contributed by atoms with Gasteiger partial charge in [-0.15, -0.1) is 5.10 Å². The summed E-state index contributed by atoms with van der Waals surface area (Å²) in [7, 11) is 1.77. The minimum Gasteiger partial charge on any atom is -0.350 e. The van der Waals surface area contributed by atoms with E-state index in [2.05, 4.69) is 25.8 Å². The van der Waals surface area contributed by atoms with Gasteiger partial charge in [0.15, 0.2) is 0 Å². The first-order chi connectivity index (χ1) is 9.65. The number of nitrogens with zero attached hydrogens (tertiary/aromatic N) is 5. The fourth-order valence-electron chi connectivity index (χ4n) is 1.55. The maximum absolute atomic E-state index is 11.7. The highest BCUT2D eigenvalue weighted by atomic mass is 32.2. The second-order valence-electron chi connectivity index (χ2n) is 4.23. The van der Waals surface area contributed by atoms with Crippen molar-refractivity contribution in [3.05, 3.63) is 29.6 Å². The summed E-state index contributed by atoms with van der Waals surface area (Å²) in [6.07, 6.45) is 0.420. The Kier molecular flexibility index (Phi) is 5.05.